The largest absolute Gasteiger partial charge is 0.497 e. The molecule has 0 aliphatic carbocycles. The molecule has 2 rings (SSSR count). The van der Waals surface area contributed by atoms with E-state index in [1.54, 1.807) is 14.2 Å². The first kappa shape index (κ1) is 15.0. The molecule has 1 aromatic carbocycles. The van der Waals surface area contributed by atoms with Gasteiger partial charge in [0.05, 0.1) is 19.9 Å². The number of anilines is 1. The Labute approximate surface area is 121 Å². The number of hydrogen-bond acceptors (Lipinski definition) is 4. The molecule has 2 unspecified atom stereocenters. The van der Waals surface area contributed by atoms with Gasteiger partial charge in [-0.05, 0) is 43.4 Å². The fraction of sp³-hybridized carbons (Fsp3) is 0.625. The number of ether oxygens (including phenoxy) is 2. The first-order chi connectivity index (χ1) is 9.67. The lowest BCUT2D eigenvalue weighted by atomic mass is 9.95. The molecular formula is C16H26N2O2. The number of benzene rings is 1. The zero-order valence-electron chi connectivity index (χ0n) is 12.8. The quantitative estimate of drug-likeness (QED) is 0.868. The molecule has 1 aliphatic rings. The van der Waals surface area contributed by atoms with Crippen LogP contribution in [0.4, 0.5) is 5.69 Å². The minimum absolute atomic E-state index is 0.609. The Kier molecular flexibility index (Phi) is 5.12. The normalized spacial score (nSPS) is 20.0. The summed E-state index contributed by atoms with van der Waals surface area (Å²) in [6.45, 7) is 5.19. The van der Waals surface area contributed by atoms with Crippen molar-refractivity contribution in [2.75, 3.05) is 38.8 Å². The highest BCUT2D eigenvalue weighted by atomic mass is 16.5. The zero-order chi connectivity index (χ0) is 14.5. The van der Waals surface area contributed by atoms with E-state index in [1.165, 1.54) is 12.8 Å². The summed E-state index contributed by atoms with van der Waals surface area (Å²) >= 11 is 0. The maximum Gasteiger partial charge on any atom is 0.145 e. The van der Waals surface area contributed by atoms with Crippen molar-refractivity contribution in [3.05, 3.63) is 18.2 Å². The van der Waals surface area contributed by atoms with Crippen LogP contribution in [0, 0.1) is 11.8 Å². The van der Waals surface area contributed by atoms with Crippen LogP contribution in [-0.4, -0.2) is 33.9 Å². The molecule has 0 radical (unpaired) electrons. The van der Waals surface area contributed by atoms with Gasteiger partial charge >= 0.3 is 0 Å². The SMILES string of the molecule is COc1ccc(N2CCC(CC(C)CN)C2)c(OC)c1. The van der Waals surface area contributed by atoms with Gasteiger partial charge < -0.3 is 20.1 Å². The predicted molar refractivity (Wildman–Crippen MR) is 82.7 cm³/mol. The van der Waals surface area contributed by atoms with Crippen LogP contribution in [0.2, 0.25) is 0 Å². The summed E-state index contributed by atoms with van der Waals surface area (Å²) in [4.78, 5) is 2.41. The van der Waals surface area contributed by atoms with E-state index in [0.29, 0.717) is 5.92 Å². The fourth-order valence-electron chi connectivity index (χ4n) is 2.96. The Balaban J connectivity index is 2.06. The average molecular weight is 278 g/mol. The van der Waals surface area contributed by atoms with Crippen LogP contribution in [0.25, 0.3) is 0 Å². The van der Waals surface area contributed by atoms with Crippen molar-refractivity contribution in [3.63, 3.8) is 0 Å². The zero-order valence-corrected chi connectivity index (χ0v) is 12.8. The van der Waals surface area contributed by atoms with Crippen LogP contribution in [0.1, 0.15) is 19.8 Å². The van der Waals surface area contributed by atoms with Gasteiger partial charge in [-0.3, -0.25) is 0 Å². The third-order valence-corrected chi connectivity index (χ3v) is 4.15. The summed E-state index contributed by atoms with van der Waals surface area (Å²) in [6.07, 6.45) is 2.45. The van der Waals surface area contributed by atoms with Gasteiger partial charge in [-0.2, -0.15) is 0 Å². The molecule has 1 heterocycles. The molecule has 0 saturated carbocycles. The van der Waals surface area contributed by atoms with Crippen LogP contribution < -0.4 is 20.1 Å². The van der Waals surface area contributed by atoms with Crippen molar-refractivity contribution in [2.45, 2.75) is 19.8 Å². The molecule has 1 aliphatic heterocycles. The van der Waals surface area contributed by atoms with Crippen LogP contribution in [0.5, 0.6) is 11.5 Å². The van der Waals surface area contributed by atoms with Gasteiger partial charge in [0.1, 0.15) is 11.5 Å². The van der Waals surface area contributed by atoms with Gasteiger partial charge in [-0.15, -0.1) is 0 Å². The van der Waals surface area contributed by atoms with Crippen LogP contribution in [0.15, 0.2) is 18.2 Å². The van der Waals surface area contributed by atoms with E-state index >= 15 is 0 Å². The molecule has 0 amide bonds. The van der Waals surface area contributed by atoms with E-state index in [9.17, 15) is 0 Å². The molecule has 1 fully saturated rings. The summed E-state index contributed by atoms with van der Waals surface area (Å²) in [7, 11) is 3.39. The Morgan fingerprint density at radius 1 is 1.35 bits per heavy atom. The first-order valence-electron chi connectivity index (χ1n) is 7.35. The minimum Gasteiger partial charge on any atom is -0.497 e. The number of hydrogen-bond donors (Lipinski definition) is 1. The molecule has 20 heavy (non-hydrogen) atoms. The lowest BCUT2D eigenvalue weighted by Gasteiger charge is -2.22. The van der Waals surface area contributed by atoms with Crippen molar-refractivity contribution in [2.24, 2.45) is 17.6 Å². The Hall–Kier alpha value is -1.42. The third-order valence-electron chi connectivity index (χ3n) is 4.15. The molecule has 1 saturated heterocycles. The Morgan fingerprint density at radius 2 is 2.15 bits per heavy atom. The summed E-state index contributed by atoms with van der Waals surface area (Å²) in [5.41, 5.74) is 6.89. The van der Waals surface area contributed by atoms with Gasteiger partial charge in [-0.1, -0.05) is 6.92 Å². The van der Waals surface area contributed by atoms with Gasteiger partial charge in [-0.25, -0.2) is 0 Å². The van der Waals surface area contributed by atoms with Crippen molar-refractivity contribution in [3.8, 4) is 11.5 Å². The predicted octanol–water partition coefficient (Wildman–Crippen LogP) is 2.52. The number of nitrogens with two attached hydrogens (primary N) is 1. The van der Waals surface area contributed by atoms with E-state index < -0.39 is 0 Å². The van der Waals surface area contributed by atoms with Gasteiger partial charge in [0.15, 0.2) is 0 Å². The van der Waals surface area contributed by atoms with Gasteiger partial charge in [0.2, 0.25) is 0 Å². The molecular weight excluding hydrogens is 252 g/mol. The second-order valence-electron chi connectivity index (χ2n) is 5.72. The summed E-state index contributed by atoms with van der Waals surface area (Å²) < 4.78 is 10.7. The molecule has 0 bridgehead atoms. The topological polar surface area (TPSA) is 47.7 Å². The summed E-state index contributed by atoms with van der Waals surface area (Å²) in [5.74, 6) is 3.06. The molecule has 2 atom stereocenters. The van der Waals surface area contributed by atoms with Gasteiger partial charge in [0, 0.05) is 19.2 Å². The molecule has 4 heteroatoms. The molecule has 1 aromatic rings. The van der Waals surface area contributed by atoms with Crippen molar-refractivity contribution >= 4 is 5.69 Å². The monoisotopic (exact) mass is 278 g/mol. The minimum atomic E-state index is 0.609. The summed E-state index contributed by atoms with van der Waals surface area (Å²) in [6, 6.07) is 6.03. The van der Waals surface area contributed by atoms with Crippen LogP contribution >= 0.6 is 0 Å². The van der Waals surface area contributed by atoms with E-state index in [2.05, 4.69) is 17.9 Å². The summed E-state index contributed by atoms with van der Waals surface area (Å²) in [5, 5.41) is 0. The van der Waals surface area contributed by atoms with Crippen molar-refractivity contribution in [1.29, 1.82) is 0 Å². The van der Waals surface area contributed by atoms with Crippen LogP contribution in [0.3, 0.4) is 0 Å². The molecule has 4 nitrogen and oxygen atoms in total. The van der Waals surface area contributed by atoms with E-state index in [1.807, 2.05) is 12.1 Å². The second kappa shape index (κ2) is 6.84. The van der Waals surface area contributed by atoms with Crippen LogP contribution in [-0.2, 0) is 0 Å². The second-order valence-corrected chi connectivity index (χ2v) is 5.72. The third kappa shape index (κ3) is 3.37. The number of nitrogens with zero attached hydrogens (tertiary/aromatic N) is 1. The Morgan fingerprint density at radius 3 is 2.80 bits per heavy atom. The van der Waals surface area contributed by atoms with E-state index in [4.69, 9.17) is 15.2 Å². The molecule has 0 spiro atoms. The molecule has 0 aromatic heterocycles. The molecule has 112 valence electrons. The number of rotatable bonds is 6. The molecule has 2 N–H and O–H groups in total. The van der Waals surface area contributed by atoms with E-state index in [-0.39, 0.29) is 0 Å². The maximum atomic E-state index is 5.73. The smallest absolute Gasteiger partial charge is 0.145 e. The standard InChI is InChI=1S/C16H26N2O2/c1-12(10-17)8-13-6-7-18(11-13)15-5-4-14(19-2)9-16(15)20-3/h4-5,9,12-13H,6-8,10-11,17H2,1-3H3. The highest BCUT2D eigenvalue weighted by Crippen LogP contribution is 2.36. The fourth-order valence-corrected chi connectivity index (χ4v) is 2.96. The number of methoxy groups -OCH3 is 2. The highest BCUT2D eigenvalue weighted by Gasteiger charge is 2.25. The van der Waals surface area contributed by atoms with Crippen molar-refractivity contribution < 1.29 is 9.47 Å². The lowest BCUT2D eigenvalue weighted by molar-refractivity contribution is 0.394. The highest BCUT2D eigenvalue weighted by molar-refractivity contribution is 5.61. The first-order valence-corrected chi connectivity index (χ1v) is 7.35. The van der Waals surface area contributed by atoms with E-state index in [0.717, 1.165) is 42.7 Å². The lowest BCUT2D eigenvalue weighted by Crippen LogP contribution is -2.22. The maximum absolute atomic E-state index is 5.73. The van der Waals surface area contributed by atoms with Crippen molar-refractivity contribution in [1.82, 2.24) is 0 Å². The Bertz CT molecular complexity index is 436. The van der Waals surface area contributed by atoms with Gasteiger partial charge in [0.25, 0.3) is 0 Å². The average Bonchev–Trinajstić information content (AvgIpc) is 2.94.